The summed E-state index contributed by atoms with van der Waals surface area (Å²) in [7, 11) is 0. The van der Waals surface area contributed by atoms with Crippen LogP contribution in [0.15, 0.2) is 55.0 Å². The average molecular weight is 547 g/mol. The number of alkyl halides is 3. The van der Waals surface area contributed by atoms with Crippen molar-refractivity contribution in [2.45, 2.75) is 26.6 Å². The number of aromatic nitrogens is 3. The van der Waals surface area contributed by atoms with E-state index in [0.29, 0.717) is 18.7 Å². The lowest BCUT2D eigenvalue weighted by atomic mass is 10.0. The van der Waals surface area contributed by atoms with Crippen LogP contribution in [0.4, 0.5) is 19.0 Å². The molecule has 0 aliphatic carbocycles. The Balaban J connectivity index is 1.31. The Kier molecular flexibility index (Phi) is 7.87. The fourth-order valence-electron chi connectivity index (χ4n) is 4.80. The number of nitrogens with zero attached hydrogens (tertiary/aromatic N) is 4. The van der Waals surface area contributed by atoms with Crippen LogP contribution < -0.4 is 5.32 Å². The summed E-state index contributed by atoms with van der Waals surface area (Å²) in [6.45, 7) is 8.21. The molecule has 40 heavy (non-hydrogen) atoms. The van der Waals surface area contributed by atoms with Gasteiger partial charge in [0.2, 0.25) is 0 Å². The second kappa shape index (κ2) is 11.5. The van der Waals surface area contributed by atoms with Crippen molar-refractivity contribution in [3.8, 4) is 11.8 Å². The van der Waals surface area contributed by atoms with Gasteiger partial charge in [-0.05, 0) is 54.9 Å². The molecule has 3 aromatic heterocycles. The van der Waals surface area contributed by atoms with Gasteiger partial charge in [-0.1, -0.05) is 24.8 Å². The fraction of sp³-hybridized carbons (Fsp3) is 0.300. The van der Waals surface area contributed by atoms with Gasteiger partial charge in [-0.2, -0.15) is 13.2 Å². The van der Waals surface area contributed by atoms with E-state index in [9.17, 15) is 18.0 Å². The highest BCUT2D eigenvalue weighted by atomic mass is 19.4. The molecule has 4 aromatic rings. The molecule has 206 valence electrons. The van der Waals surface area contributed by atoms with E-state index in [4.69, 9.17) is 0 Å². The lowest BCUT2D eigenvalue weighted by molar-refractivity contribution is -0.138. The number of H-pyrrole nitrogens is 1. The van der Waals surface area contributed by atoms with Gasteiger partial charge in [0, 0.05) is 73.4 Å². The van der Waals surface area contributed by atoms with Crippen LogP contribution in [-0.2, 0) is 12.7 Å². The molecule has 0 spiro atoms. The molecule has 1 aliphatic rings. The normalized spacial score (nSPS) is 14.6. The number of likely N-dealkylation sites (N-methyl/N-ethyl adjacent to an activating group) is 1. The summed E-state index contributed by atoms with van der Waals surface area (Å²) in [5.74, 6) is 5.66. The van der Waals surface area contributed by atoms with Gasteiger partial charge in [0.05, 0.1) is 5.56 Å². The molecule has 0 radical (unpaired) electrons. The van der Waals surface area contributed by atoms with Crippen LogP contribution in [0.1, 0.15) is 45.1 Å². The molecule has 5 rings (SSSR count). The second-order valence-corrected chi connectivity index (χ2v) is 9.75. The predicted octanol–water partition coefficient (Wildman–Crippen LogP) is 5.07. The first-order valence-corrected chi connectivity index (χ1v) is 13.1. The maximum atomic E-state index is 14.0. The molecule has 1 fully saturated rings. The van der Waals surface area contributed by atoms with Crippen molar-refractivity contribution in [1.29, 1.82) is 0 Å². The van der Waals surface area contributed by atoms with Crippen molar-refractivity contribution < 1.29 is 18.0 Å². The maximum Gasteiger partial charge on any atom is 0.416 e. The van der Waals surface area contributed by atoms with Gasteiger partial charge >= 0.3 is 6.18 Å². The largest absolute Gasteiger partial charge is 0.416 e. The van der Waals surface area contributed by atoms with Gasteiger partial charge in [-0.3, -0.25) is 9.69 Å². The second-order valence-electron chi connectivity index (χ2n) is 9.75. The van der Waals surface area contributed by atoms with E-state index >= 15 is 0 Å². The zero-order valence-electron chi connectivity index (χ0n) is 22.3. The summed E-state index contributed by atoms with van der Waals surface area (Å²) >= 11 is 0. The molecule has 7 nitrogen and oxygen atoms in total. The van der Waals surface area contributed by atoms with Crippen LogP contribution in [0.3, 0.4) is 0 Å². The van der Waals surface area contributed by atoms with E-state index in [1.165, 1.54) is 18.3 Å². The van der Waals surface area contributed by atoms with Crippen LogP contribution >= 0.6 is 0 Å². The van der Waals surface area contributed by atoms with E-state index in [0.717, 1.165) is 47.9 Å². The zero-order chi connectivity index (χ0) is 28.3. The van der Waals surface area contributed by atoms with Gasteiger partial charge in [0.25, 0.3) is 5.91 Å². The van der Waals surface area contributed by atoms with Crippen LogP contribution in [0.5, 0.6) is 0 Å². The highest BCUT2D eigenvalue weighted by Crippen LogP contribution is 2.33. The number of nitrogens with one attached hydrogen (secondary N) is 2. The highest BCUT2D eigenvalue weighted by molar-refractivity contribution is 6.04. The molecule has 2 N–H and O–H groups in total. The van der Waals surface area contributed by atoms with Crippen LogP contribution in [0.25, 0.3) is 11.0 Å². The third-order valence-electron chi connectivity index (χ3n) is 7.18. The van der Waals surface area contributed by atoms with Gasteiger partial charge in [0.15, 0.2) is 0 Å². The minimum absolute atomic E-state index is 0.0910. The van der Waals surface area contributed by atoms with Gasteiger partial charge in [-0.25, -0.2) is 9.97 Å². The number of pyridine rings is 2. The quantitative estimate of drug-likeness (QED) is 0.342. The Hall–Kier alpha value is -4.20. The zero-order valence-corrected chi connectivity index (χ0v) is 22.3. The first-order chi connectivity index (χ1) is 19.2. The van der Waals surface area contributed by atoms with E-state index < -0.39 is 17.6 Å². The molecule has 4 heterocycles. The predicted molar refractivity (Wildman–Crippen MR) is 148 cm³/mol. The molecule has 0 bridgehead atoms. The molecule has 1 aliphatic heterocycles. The van der Waals surface area contributed by atoms with Gasteiger partial charge in [0.1, 0.15) is 11.5 Å². The Morgan fingerprint density at radius 1 is 1.05 bits per heavy atom. The summed E-state index contributed by atoms with van der Waals surface area (Å²) < 4.78 is 41.9. The number of amides is 1. The number of halogens is 3. The van der Waals surface area contributed by atoms with Gasteiger partial charge < -0.3 is 15.2 Å². The van der Waals surface area contributed by atoms with E-state index in [2.05, 4.69) is 43.9 Å². The number of carbonyl (C=O) groups is 1. The Morgan fingerprint density at radius 3 is 2.58 bits per heavy atom. The number of carbonyl (C=O) groups excluding carboxylic acids is 1. The summed E-state index contributed by atoms with van der Waals surface area (Å²) in [4.78, 5) is 28.8. The summed E-state index contributed by atoms with van der Waals surface area (Å²) in [6, 6.07) is 8.96. The number of aryl methyl sites for hydroxylation is 1. The molecular formula is C30H29F3N6O. The van der Waals surface area contributed by atoms with Crippen LogP contribution in [-0.4, -0.2) is 63.4 Å². The first-order valence-electron chi connectivity index (χ1n) is 13.1. The van der Waals surface area contributed by atoms with Crippen molar-refractivity contribution in [2.24, 2.45) is 0 Å². The molecule has 0 unspecified atom stereocenters. The SMILES string of the molecule is CCN1CCN(Cc2ccc(C(=O)Nc3cc(C#Cc4cnc5[nH]ccc5c4C)ccn3)cc2C(F)(F)F)CC1. The van der Waals surface area contributed by atoms with Crippen molar-refractivity contribution >= 4 is 22.8 Å². The molecule has 1 amide bonds. The standard InChI is InChI=1S/C30H29F3N6O/c1-3-38-12-14-39(15-13-38)19-24-7-6-22(17-26(24)30(31,32)33)29(40)37-27-16-21(8-10-34-27)4-5-23-18-36-28-25(20(23)2)9-11-35-28/h6-11,16-18H,3,12-15,19H2,1-2H3,(H,35,36)(H,34,37,40). The Bertz CT molecular complexity index is 1590. The molecule has 1 aromatic carbocycles. The number of rotatable bonds is 5. The van der Waals surface area contributed by atoms with Gasteiger partial charge in [-0.15, -0.1) is 0 Å². The van der Waals surface area contributed by atoms with Crippen LogP contribution in [0.2, 0.25) is 0 Å². The van der Waals surface area contributed by atoms with Crippen molar-refractivity contribution in [3.05, 3.63) is 88.4 Å². The first kappa shape index (κ1) is 27.4. The summed E-state index contributed by atoms with van der Waals surface area (Å²) in [6.07, 6.45) is 0.418. The minimum atomic E-state index is -4.58. The van der Waals surface area contributed by atoms with E-state index in [1.807, 2.05) is 24.1 Å². The number of aromatic amines is 1. The smallest absolute Gasteiger partial charge is 0.346 e. The van der Waals surface area contributed by atoms with E-state index in [-0.39, 0.29) is 23.5 Å². The maximum absolute atomic E-state index is 14.0. The fourth-order valence-corrected chi connectivity index (χ4v) is 4.80. The minimum Gasteiger partial charge on any atom is -0.346 e. The third kappa shape index (κ3) is 6.17. The molecular weight excluding hydrogens is 517 g/mol. The molecule has 1 saturated heterocycles. The van der Waals surface area contributed by atoms with Crippen LogP contribution in [0, 0.1) is 18.8 Å². The number of benzene rings is 1. The lowest BCUT2D eigenvalue weighted by Crippen LogP contribution is -2.45. The average Bonchev–Trinajstić information content (AvgIpc) is 3.43. The van der Waals surface area contributed by atoms with Crippen molar-refractivity contribution in [1.82, 2.24) is 24.8 Å². The summed E-state index contributed by atoms with van der Waals surface area (Å²) in [5.41, 5.74) is 2.41. The summed E-state index contributed by atoms with van der Waals surface area (Å²) in [5, 5.41) is 3.59. The van der Waals surface area contributed by atoms with Crippen molar-refractivity contribution in [3.63, 3.8) is 0 Å². The highest BCUT2D eigenvalue weighted by Gasteiger charge is 2.34. The molecule has 0 saturated carbocycles. The Labute approximate surface area is 230 Å². The van der Waals surface area contributed by atoms with Crippen molar-refractivity contribution in [2.75, 3.05) is 38.0 Å². The molecule has 10 heteroatoms. The number of fused-ring (bicyclic) bond motifs is 1. The topological polar surface area (TPSA) is 77.1 Å². The lowest BCUT2D eigenvalue weighted by Gasteiger charge is -2.34. The number of hydrogen-bond donors (Lipinski definition) is 2. The van der Waals surface area contributed by atoms with E-state index in [1.54, 1.807) is 18.3 Å². The Morgan fingerprint density at radius 2 is 1.82 bits per heavy atom. The molecule has 0 atom stereocenters. The number of piperazine rings is 1. The third-order valence-corrected chi connectivity index (χ3v) is 7.18. The number of anilines is 1. The monoisotopic (exact) mass is 546 g/mol. The number of hydrogen-bond acceptors (Lipinski definition) is 5.